The van der Waals surface area contributed by atoms with Crippen molar-refractivity contribution in [2.45, 2.75) is 38.0 Å². The van der Waals surface area contributed by atoms with E-state index in [0.29, 0.717) is 45.6 Å². The number of carbonyl (C=O) groups excluding carboxylic acids is 5. The van der Waals surface area contributed by atoms with Crippen molar-refractivity contribution in [2.75, 3.05) is 24.7 Å². The van der Waals surface area contributed by atoms with Gasteiger partial charge in [-0.1, -0.05) is 84.9 Å². The molecule has 0 unspecified atom stereocenters. The largest absolute Gasteiger partial charge is 0.493 e. The van der Waals surface area contributed by atoms with Gasteiger partial charge in [0.05, 0.1) is 48.5 Å². The van der Waals surface area contributed by atoms with Crippen LogP contribution in [0.3, 0.4) is 0 Å². The molecule has 0 spiro atoms. The van der Waals surface area contributed by atoms with Crippen LogP contribution in [0.1, 0.15) is 78.5 Å². The van der Waals surface area contributed by atoms with Gasteiger partial charge in [0.25, 0.3) is 11.8 Å². The Balaban J connectivity index is 1.35. The summed E-state index contributed by atoms with van der Waals surface area (Å²) in [6, 6.07) is 36.3. The number of nitrogens with zero attached hydrogens (tertiary/aromatic N) is 2. The average molecular weight is 792 g/mol. The fraction of sp³-hybridized carbons (Fsp3) is 0.191. The normalized spacial score (nSPS) is 15.8. The smallest absolute Gasteiger partial charge is 0.338 e. The van der Waals surface area contributed by atoms with E-state index in [1.165, 1.54) is 29.2 Å². The second kappa shape index (κ2) is 18.4. The molecule has 6 aromatic rings. The molecule has 2 N–H and O–H groups in total. The van der Waals surface area contributed by atoms with E-state index in [9.17, 15) is 29.1 Å². The van der Waals surface area contributed by atoms with Crippen LogP contribution < -0.4 is 15.0 Å². The number of hydrogen-bond acceptors (Lipinski definition) is 10. The maximum Gasteiger partial charge on any atom is 0.338 e. The highest BCUT2D eigenvalue weighted by Crippen LogP contribution is 2.43. The summed E-state index contributed by atoms with van der Waals surface area (Å²) in [4.78, 5) is 75.9. The minimum absolute atomic E-state index is 0.0452. The zero-order valence-corrected chi connectivity index (χ0v) is 32.2. The minimum atomic E-state index is -1.39. The lowest BCUT2D eigenvalue weighted by molar-refractivity contribution is -0.144. The highest BCUT2D eigenvalue weighted by Gasteiger charge is 2.48. The SMILES string of the molecule is CCOC(=O)C[C@H]1[C@H](OC(=O)c2ccc(C(=O)c3ccccc3)cc2)[C@@H](NC(=O)c2ccccc2)c2cc(OCCCO)ccc2N1C(=O)c1ccc2ccccc2n1. The quantitative estimate of drug-likeness (QED) is 0.0674. The van der Waals surface area contributed by atoms with E-state index in [1.807, 2.05) is 18.2 Å². The highest BCUT2D eigenvalue weighted by atomic mass is 16.5. The first kappa shape index (κ1) is 40.0. The van der Waals surface area contributed by atoms with Crippen molar-refractivity contribution in [2.24, 2.45) is 0 Å². The van der Waals surface area contributed by atoms with Crippen molar-refractivity contribution in [3.63, 3.8) is 0 Å². The second-order valence-electron chi connectivity index (χ2n) is 13.7. The number of rotatable bonds is 14. The predicted octanol–water partition coefficient (Wildman–Crippen LogP) is 6.91. The number of anilines is 1. The van der Waals surface area contributed by atoms with Crippen molar-refractivity contribution < 1.29 is 43.3 Å². The average Bonchev–Trinajstić information content (AvgIpc) is 3.27. The highest BCUT2D eigenvalue weighted by molar-refractivity contribution is 6.10. The number of para-hydroxylation sites is 1. The first-order chi connectivity index (χ1) is 28.7. The third kappa shape index (κ3) is 9.03. The van der Waals surface area contributed by atoms with Crippen LogP contribution in [0.2, 0.25) is 0 Å². The number of aromatic nitrogens is 1. The van der Waals surface area contributed by atoms with Gasteiger partial charge in [0.2, 0.25) is 0 Å². The van der Waals surface area contributed by atoms with Gasteiger partial charge in [0.1, 0.15) is 17.5 Å². The van der Waals surface area contributed by atoms with Crippen LogP contribution in [-0.4, -0.2) is 71.6 Å². The molecule has 0 bridgehead atoms. The number of aliphatic hydroxyl groups is 1. The van der Waals surface area contributed by atoms with E-state index in [-0.39, 0.29) is 36.9 Å². The van der Waals surface area contributed by atoms with Gasteiger partial charge in [0.15, 0.2) is 5.78 Å². The molecule has 12 nitrogen and oxygen atoms in total. The van der Waals surface area contributed by atoms with Gasteiger partial charge in [-0.2, -0.15) is 0 Å². The molecule has 2 amide bonds. The summed E-state index contributed by atoms with van der Waals surface area (Å²) >= 11 is 0. The first-order valence-electron chi connectivity index (χ1n) is 19.2. The molecular formula is C47H41N3O9. The molecule has 5 aromatic carbocycles. The van der Waals surface area contributed by atoms with Crippen molar-refractivity contribution in [3.05, 3.63) is 173 Å². The Kier molecular flexibility index (Phi) is 12.5. The third-order valence-electron chi connectivity index (χ3n) is 9.91. The number of pyridine rings is 1. The summed E-state index contributed by atoms with van der Waals surface area (Å²) in [5.41, 5.74) is 2.51. The summed E-state index contributed by atoms with van der Waals surface area (Å²) in [6.45, 7) is 1.77. The first-order valence-corrected chi connectivity index (χ1v) is 19.2. The Morgan fingerprint density at radius 1 is 0.746 bits per heavy atom. The molecule has 2 heterocycles. The molecule has 1 aliphatic rings. The van der Waals surface area contributed by atoms with Gasteiger partial charge >= 0.3 is 11.9 Å². The zero-order chi connectivity index (χ0) is 41.3. The number of fused-ring (bicyclic) bond motifs is 2. The molecule has 0 radical (unpaired) electrons. The van der Waals surface area contributed by atoms with E-state index in [1.54, 1.807) is 104 Å². The van der Waals surface area contributed by atoms with Gasteiger partial charge in [-0.25, -0.2) is 9.78 Å². The molecule has 0 saturated carbocycles. The molecule has 298 valence electrons. The Bertz CT molecular complexity index is 2470. The van der Waals surface area contributed by atoms with Crippen LogP contribution in [0.15, 0.2) is 140 Å². The van der Waals surface area contributed by atoms with Crippen LogP contribution in [0.4, 0.5) is 5.69 Å². The van der Waals surface area contributed by atoms with E-state index < -0.39 is 48.4 Å². The molecule has 12 heteroatoms. The predicted molar refractivity (Wildman–Crippen MR) is 219 cm³/mol. The van der Waals surface area contributed by atoms with Gasteiger partial charge in [0, 0.05) is 40.7 Å². The number of ether oxygens (including phenoxy) is 3. The summed E-state index contributed by atoms with van der Waals surface area (Å²) < 4.78 is 17.7. The Labute approximate surface area is 340 Å². The number of amides is 2. The molecule has 1 aliphatic heterocycles. The van der Waals surface area contributed by atoms with Gasteiger partial charge in [-0.15, -0.1) is 0 Å². The van der Waals surface area contributed by atoms with Crippen LogP contribution in [0.5, 0.6) is 5.75 Å². The summed E-state index contributed by atoms with van der Waals surface area (Å²) in [5, 5.41) is 13.3. The second-order valence-corrected chi connectivity index (χ2v) is 13.7. The fourth-order valence-electron chi connectivity index (χ4n) is 7.06. The van der Waals surface area contributed by atoms with Crippen molar-refractivity contribution in [3.8, 4) is 5.75 Å². The third-order valence-corrected chi connectivity index (χ3v) is 9.91. The molecular weight excluding hydrogens is 751 g/mol. The van der Waals surface area contributed by atoms with E-state index >= 15 is 0 Å². The molecule has 59 heavy (non-hydrogen) atoms. The molecule has 0 fully saturated rings. The molecule has 0 aliphatic carbocycles. The van der Waals surface area contributed by atoms with Gasteiger partial charge < -0.3 is 24.6 Å². The summed E-state index contributed by atoms with van der Waals surface area (Å²) in [7, 11) is 0. The van der Waals surface area contributed by atoms with Crippen LogP contribution in [-0.2, 0) is 14.3 Å². The lowest BCUT2D eigenvalue weighted by Gasteiger charge is -2.45. The van der Waals surface area contributed by atoms with Gasteiger partial charge in [-0.05, 0) is 61.5 Å². The zero-order valence-electron chi connectivity index (χ0n) is 32.2. The Morgan fingerprint density at radius 2 is 1.41 bits per heavy atom. The topological polar surface area (TPSA) is 161 Å². The lowest BCUT2D eigenvalue weighted by atomic mass is 9.85. The molecule has 1 aromatic heterocycles. The Hall–Kier alpha value is -7.18. The number of nitrogens with one attached hydrogen (secondary N) is 1. The number of carbonyl (C=O) groups is 5. The fourth-order valence-corrected chi connectivity index (χ4v) is 7.06. The summed E-state index contributed by atoms with van der Waals surface area (Å²) in [6.07, 6.45) is -1.47. The Morgan fingerprint density at radius 3 is 2.12 bits per heavy atom. The maximum absolute atomic E-state index is 14.9. The van der Waals surface area contributed by atoms with E-state index in [2.05, 4.69) is 10.3 Å². The number of esters is 2. The number of benzene rings is 5. The van der Waals surface area contributed by atoms with Crippen LogP contribution in [0, 0.1) is 0 Å². The van der Waals surface area contributed by atoms with Crippen LogP contribution >= 0.6 is 0 Å². The lowest BCUT2D eigenvalue weighted by Crippen LogP contribution is -2.58. The number of hydrogen-bond donors (Lipinski definition) is 2. The monoisotopic (exact) mass is 791 g/mol. The van der Waals surface area contributed by atoms with Gasteiger partial charge in [-0.3, -0.25) is 24.1 Å². The summed E-state index contributed by atoms with van der Waals surface area (Å²) in [5.74, 6) is -2.49. The van der Waals surface area contributed by atoms with Crippen molar-refractivity contribution >= 4 is 46.1 Å². The van der Waals surface area contributed by atoms with E-state index in [0.717, 1.165) is 5.39 Å². The van der Waals surface area contributed by atoms with Crippen molar-refractivity contribution in [1.82, 2.24) is 10.3 Å². The standard InChI is InChI=1S/C47H41N3O9/c1-2-57-41(52)29-40-44(59-47(56)34-20-18-32(19-21-34)43(53)31-13-5-3-6-14-31)42(49-45(54)33-15-7-4-8-16-33)36-28-35(58-27-11-26-51)23-25-39(36)50(40)46(55)38-24-22-30-12-9-10-17-37(30)48-38/h3-10,12-25,28,40,42,44,51H,2,11,26-27,29H2,1H3,(H,49,54)/t40-,42-,44-/m0/s1. The minimum Gasteiger partial charge on any atom is -0.493 e. The molecule has 7 rings (SSSR count). The maximum atomic E-state index is 14.9. The molecule has 3 atom stereocenters. The van der Waals surface area contributed by atoms with Crippen molar-refractivity contribution in [1.29, 1.82) is 0 Å². The number of aliphatic hydroxyl groups excluding tert-OH is 1. The number of ketones is 1. The molecule has 0 saturated heterocycles. The van der Waals surface area contributed by atoms with E-state index in [4.69, 9.17) is 14.2 Å². The van der Waals surface area contributed by atoms with Crippen LogP contribution in [0.25, 0.3) is 10.9 Å².